The van der Waals surface area contributed by atoms with Gasteiger partial charge >= 0.3 is 0 Å². The van der Waals surface area contributed by atoms with Crippen molar-refractivity contribution in [3.8, 4) is 11.5 Å². The van der Waals surface area contributed by atoms with E-state index in [0.29, 0.717) is 54.8 Å². The average Bonchev–Trinajstić information content (AvgIpc) is 2.72. The van der Waals surface area contributed by atoms with E-state index in [1.165, 1.54) is 6.42 Å². The molecule has 3 aliphatic rings. The van der Waals surface area contributed by atoms with Gasteiger partial charge < -0.3 is 9.47 Å². The number of nitrogens with zero attached hydrogens (tertiary/aromatic N) is 2. The topological polar surface area (TPSA) is 59.1 Å². The molecule has 24 heavy (non-hydrogen) atoms. The number of sulfonamides is 1. The molecular weight excluding hydrogens is 328 g/mol. The van der Waals surface area contributed by atoms with Gasteiger partial charge in [0.05, 0.1) is 18.1 Å². The van der Waals surface area contributed by atoms with Crippen molar-refractivity contribution in [2.45, 2.75) is 42.7 Å². The summed E-state index contributed by atoms with van der Waals surface area (Å²) in [6.07, 6.45) is 3.96. The quantitative estimate of drug-likeness (QED) is 0.811. The van der Waals surface area contributed by atoms with Crippen LogP contribution in [0.4, 0.5) is 0 Å². The highest BCUT2D eigenvalue weighted by molar-refractivity contribution is 7.89. The van der Waals surface area contributed by atoms with Crippen LogP contribution < -0.4 is 9.47 Å². The summed E-state index contributed by atoms with van der Waals surface area (Å²) in [4.78, 5) is 2.65. The van der Waals surface area contributed by atoms with Crippen LogP contribution in [0.2, 0.25) is 0 Å². The summed E-state index contributed by atoms with van der Waals surface area (Å²) in [7, 11) is -1.39. The van der Waals surface area contributed by atoms with Crippen molar-refractivity contribution in [3.63, 3.8) is 0 Å². The zero-order valence-electron chi connectivity index (χ0n) is 14.0. The molecule has 1 aromatic carbocycles. The van der Waals surface area contributed by atoms with Gasteiger partial charge in [-0.25, -0.2) is 8.42 Å². The van der Waals surface area contributed by atoms with E-state index in [4.69, 9.17) is 9.47 Å². The molecule has 2 atom stereocenters. The highest BCUT2D eigenvalue weighted by Crippen LogP contribution is 2.35. The predicted molar refractivity (Wildman–Crippen MR) is 90.0 cm³/mol. The van der Waals surface area contributed by atoms with Crippen LogP contribution in [-0.4, -0.2) is 63.1 Å². The maximum atomic E-state index is 13.1. The van der Waals surface area contributed by atoms with E-state index >= 15 is 0 Å². The molecule has 0 radical (unpaired) electrons. The molecule has 0 aromatic heterocycles. The Bertz CT molecular complexity index is 721. The van der Waals surface area contributed by atoms with Gasteiger partial charge in [0.1, 0.15) is 0 Å². The molecule has 0 saturated carbocycles. The lowest BCUT2D eigenvalue weighted by atomic mass is 10.1. The second kappa shape index (κ2) is 6.20. The number of rotatable bonds is 2. The Balaban J connectivity index is 1.62. The summed E-state index contributed by atoms with van der Waals surface area (Å²) in [5.74, 6) is 1.16. The molecule has 0 unspecified atom stereocenters. The number of hydrogen-bond acceptors (Lipinski definition) is 5. The molecule has 0 spiro atoms. The SMILES string of the molecule is CN1[C@@H]2CC[C@H]1CN(S(=O)(=O)c1ccc3c(c1)OCCCO3)CC2. The van der Waals surface area contributed by atoms with Crippen molar-refractivity contribution < 1.29 is 17.9 Å². The van der Waals surface area contributed by atoms with E-state index in [2.05, 4.69) is 11.9 Å². The van der Waals surface area contributed by atoms with Crippen LogP contribution in [0.25, 0.3) is 0 Å². The Morgan fingerprint density at radius 2 is 1.79 bits per heavy atom. The third-order valence-corrected chi connectivity index (χ3v) is 7.33. The molecule has 1 aromatic rings. The van der Waals surface area contributed by atoms with Crippen LogP contribution in [-0.2, 0) is 10.0 Å². The van der Waals surface area contributed by atoms with Gasteiger partial charge in [0, 0.05) is 37.7 Å². The van der Waals surface area contributed by atoms with Crippen LogP contribution in [0.1, 0.15) is 25.7 Å². The maximum absolute atomic E-state index is 13.1. The maximum Gasteiger partial charge on any atom is 0.243 e. The first kappa shape index (κ1) is 16.2. The number of benzene rings is 1. The minimum absolute atomic E-state index is 0.298. The van der Waals surface area contributed by atoms with Crippen LogP contribution in [0.15, 0.2) is 23.1 Å². The van der Waals surface area contributed by atoms with Crippen LogP contribution in [0.5, 0.6) is 11.5 Å². The van der Waals surface area contributed by atoms with E-state index in [9.17, 15) is 8.42 Å². The van der Waals surface area contributed by atoms with Gasteiger partial charge in [0.25, 0.3) is 0 Å². The molecule has 4 rings (SSSR count). The number of hydrogen-bond donors (Lipinski definition) is 0. The fraction of sp³-hybridized carbons (Fsp3) is 0.647. The Kier molecular flexibility index (Phi) is 4.18. The highest BCUT2D eigenvalue weighted by Gasteiger charge is 2.38. The first-order valence-corrected chi connectivity index (χ1v) is 10.1. The van der Waals surface area contributed by atoms with Crippen molar-refractivity contribution in [2.75, 3.05) is 33.4 Å². The normalized spacial score (nSPS) is 28.4. The lowest BCUT2D eigenvalue weighted by Crippen LogP contribution is -2.39. The van der Waals surface area contributed by atoms with Crippen molar-refractivity contribution in [2.24, 2.45) is 0 Å². The van der Waals surface area contributed by atoms with Crippen molar-refractivity contribution in [1.29, 1.82) is 0 Å². The predicted octanol–water partition coefficient (Wildman–Crippen LogP) is 1.71. The summed E-state index contributed by atoms with van der Waals surface area (Å²) in [6.45, 7) is 2.31. The lowest BCUT2D eigenvalue weighted by molar-refractivity contribution is 0.246. The average molecular weight is 352 g/mol. The Morgan fingerprint density at radius 1 is 1.04 bits per heavy atom. The minimum Gasteiger partial charge on any atom is -0.490 e. The molecule has 0 N–H and O–H groups in total. The standard InChI is InChI=1S/C17H24N2O4S/c1-18-13-3-4-14(18)12-19(8-7-13)24(20,21)15-5-6-16-17(11-15)23-10-2-9-22-16/h5-6,11,13-14H,2-4,7-10,12H2,1H3/t13-,14+/m1/s1. The third-order valence-electron chi connectivity index (χ3n) is 5.47. The molecule has 132 valence electrons. The second-order valence-electron chi connectivity index (χ2n) is 6.86. The monoisotopic (exact) mass is 352 g/mol. The molecule has 0 amide bonds. The van der Waals surface area contributed by atoms with Gasteiger partial charge in [0.2, 0.25) is 10.0 Å². The van der Waals surface area contributed by atoms with Crippen LogP contribution in [0, 0.1) is 0 Å². The van der Waals surface area contributed by atoms with Gasteiger partial charge in [-0.05, 0) is 38.4 Å². The number of likely N-dealkylation sites (N-methyl/N-ethyl adjacent to an activating group) is 1. The first-order valence-electron chi connectivity index (χ1n) is 8.67. The fourth-order valence-corrected chi connectivity index (χ4v) is 5.46. The summed E-state index contributed by atoms with van der Waals surface area (Å²) < 4.78 is 39.1. The largest absolute Gasteiger partial charge is 0.490 e. The Morgan fingerprint density at radius 3 is 2.62 bits per heavy atom. The molecule has 2 fully saturated rings. The highest BCUT2D eigenvalue weighted by atomic mass is 32.2. The number of ether oxygens (including phenoxy) is 2. The smallest absolute Gasteiger partial charge is 0.243 e. The van der Waals surface area contributed by atoms with Crippen LogP contribution in [0.3, 0.4) is 0 Å². The third kappa shape index (κ3) is 2.78. The zero-order valence-corrected chi connectivity index (χ0v) is 14.8. The molecule has 3 aliphatic heterocycles. The van der Waals surface area contributed by atoms with Gasteiger partial charge in [-0.2, -0.15) is 4.31 Å². The van der Waals surface area contributed by atoms with Gasteiger partial charge in [-0.15, -0.1) is 0 Å². The molecule has 0 aliphatic carbocycles. The van der Waals surface area contributed by atoms with Crippen molar-refractivity contribution in [1.82, 2.24) is 9.21 Å². The second-order valence-corrected chi connectivity index (χ2v) is 8.80. The molecule has 6 nitrogen and oxygen atoms in total. The summed E-state index contributed by atoms with van der Waals surface area (Å²) in [5, 5.41) is 0. The minimum atomic E-state index is -3.51. The molecule has 2 saturated heterocycles. The van der Waals surface area contributed by atoms with E-state index < -0.39 is 10.0 Å². The molecule has 3 heterocycles. The fourth-order valence-electron chi connectivity index (χ4n) is 3.95. The van der Waals surface area contributed by atoms with Gasteiger partial charge in [-0.1, -0.05) is 0 Å². The van der Waals surface area contributed by atoms with Crippen molar-refractivity contribution >= 4 is 10.0 Å². The summed E-state index contributed by atoms with van der Waals surface area (Å²) in [6, 6.07) is 5.80. The zero-order chi connectivity index (χ0) is 16.7. The van der Waals surface area contributed by atoms with Gasteiger partial charge in [0.15, 0.2) is 11.5 Å². The molecule has 2 bridgehead atoms. The van der Waals surface area contributed by atoms with Gasteiger partial charge in [-0.3, -0.25) is 4.90 Å². The summed E-state index contributed by atoms with van der Waals surface area (Å²) in [5.41, 5.74) is 0. The number of fused-ring (bicyclic) bond motifs is 3. The lowest BCUT2D eigenvalue weighted by Gasteiger charge is -2.25. The molecule has 7 heteroatoms. The van der Waals surface area contributed by atoms with Crippen LogP contribution >= 0.6 is 0 Å². The van der Waals surface area contributed by atoms with E-state index in [1.807, 2.05) is 0 Å². The van der Waals surface area contributed by atoms with E-state index in [-0.39, 0.29) is 0 Å². The summed E-state index contributed by atoms with van der Waals surface area (Å²) >= 11 is 0. The first-order chi connectivity index (χ1) is 11.6. The van der Waals surface area contributed by atoms with Crippen molar-refractivity contribution in [3.05, 3.63) is 18.2 Å². The Labute approximate surface area is 143 Å². The van der Waals surface area contributed by atoms with E-state index in [1.54, 1.807) is 22.5 Å². The van der Waals surface area contributed by atoms with E-state index in [0.717, 1.165) is 19.3 Å². The Hall–Kier alpha value is -1.31. The molecular formula is C17H24N2O4S.